The minimum atomic E-state index is 0.122. The molecule has 0 bridgehead atoms. The highest BCUT2D eigenvalue weighted by molar-refractivity contribution is 7.99. The molecular formula is C28H30N4O2S. The molecule has 3 aromatic carbocycles. The van der Waals surface area contributed by atoms with Crippen LogP contribution < -0.4 is 0 Å². The third kappa shape index (κ3) is 5.92. The Balaban J connectivity index is 1.08. The Kier molecular flexibility index (Phi) is 7.45. The van der Waals surface area contributed by atoms with Crippen LogP contribution in [0.25, 0.3) is 10.8 Å². The van der Waals surface area contributed by atoms with Gasteiger partial charge in [-0.3, -0.25) is 9.69 Å². The van der Waals surface area contributed by atoms with Crippen molar-refractivity contribution in [1.82, 2.24) is 20.0 Å². The maximum Gasteiger partial charge on any atom is 0.277 e. The summed E-state index contributed by atoms with van der Waals surface area (Å²) in [4.78, 5) is 17.2. The lowest BCUT2D eigenvalue weighted by Gasteiger charge is -2.34. The zero-order chi connectivity index (χ0) is 24.0. The van der Waals surface area contributed by atoms with E-state index < -0.39 is 0 Å². The summed E-state index contributed by atoms with van der Waals surface area (Å²) in [5, 5.41) is 11.3. The molecule has 1 aromatic heterocycles. The second-order valence-electron chi connectivity index (χ2n) is 9.06. The van der Waals surface area contributed by atoms with Crippen molar-refractivity contribution in [2.24, 2.45) is 0 Å². The van der Waals surface area contributed by atoms with E-state index in [1.54, 1.807) is 0 Å². The number of piperazine rings is 1. The molecule has 1 aliphatic rings. The fourth-order valence-electron chi connectivity index (χ4n) is 4.58. The first-order valence-corrected chi connectivity index (χ1v) is 13.1. The number of hydrogen-bond acceptors (Lipinski definition) is 6. The molecule has 1 fully saturated rings. The molecule has 6 nitrogen and oxygen atoms in total. The first kappa shape index (κ1) is 23.6. The van der Waals surface area contributed by atoms with Crippen molar-refractivity contribution in [2.75, 3.05) is 31.9 Å². The molecule has 0 N–H and O–H groups in total. The van der Waals surface area contributed by atoms with Crippen molar-refractivity contribution in [1.29, 1.82) is 0 Å². The zero-order valence-electron chi connectivity index (χ0n) is 20.0. The van der Waals surface area contributed by atoms with Crippen LogP contribution >= 0.6 is 11.8 Å². The average Bonchev–Trinajstić information content (AvgIpc) is 3.35. The number of fused-ring (bicyclic) bond motifs is 1. The van der Waals surface area contributed by atoms with E-state index in [1.165, 1.54) is 33.7 Å². The van der Waals surface area contributed by atoms with Gasteiger partial charge in [0.2, 0.25) is 11.8 Å². The van der Waals surface area contributed by atoms with Gasteiger partial charge < -0.3 is 9.32 Å². The summed E-state index contributed by atoms with van der Waals surface area (Å²) in [6.45, 7) is 6.30. The number of rotatable bonds is 8. The molecule has 1 aliphatic heterocycles. The summed E-state index contributed by atoms with van der Waals surface area (Å²) in [5.41, 5.74) is 2.59. The zero-order valence-corrected chi connectivity index (χ0v) is 20.8. The lowest BCUT2D eigenvalue weighted by atomic mass is 9.98. The second kappa shape index (κ2) is 11.1. The summed E-state index contributed by atoms with van der Waals surface area (Å²) in [7, 11) is 0. The molecule has 1 saturated heterocycles. The molecule has 1 amide bonds. The monoisotopic (exact) mass is 486 g/mol. The largest absolute Gasteiger partial charge is 0.416 e. The maximum atomic E-state index is 12.8. The van der Waals surface area contributed by atoms with Crippen molar-refractivity contribution in [2.45, 2.75) is 31.0 Å². The third-order valence-electron chi connectivity index (χ3n) is 6.62. The van der Waals surface area contributed by atoms with Crippen molar-refractivity contribution in [3.8, 4) is 0 Å². The summed E-state index contributed by atoms with van der Waals surface area (Å²) in [6, 6.07) is 25.3. The Morgan fingerprint density at radius 3 is 2.51 bits per heavy atom. The van der Waals surface area contributed by atoms with Crippen LogP contribution in [-0.4, -0.2) is 57.8 Å². The maximum absolute atomic E-state index is 12.8. The molecule has 2 heterocycles. The number of thioether (sulfide) groups is 1. The van der Waals surface area contributed by atoms with Gasteiger partial charge in [0.15, 0.2) is 0 Å². The van der Waals surface area contributed by atoms with E-state index in [2.05, 4.69) is 76.6 Å². The smallest absolute Gasteiger partial charge is 0.277 e. The van der Waals surface area contributed by atoms with Crippen LogP contribution in [-0.2, 0) is 17.8 Å². The van der Waals surface area contributed by atoms with E-state index >= 15 is 0 Å². The number of amides is 1. The number of benzene rings is 3. The number of nitrogens with zero attached hydrogens (tertiary/aromatic N) is 4. The van der Waals surface area contributed by atoms with Crippen molar-refractivity contribution < 1.29 is 9.21 Å². The van der Waals surface area contributed by atoms with Gasteiger partial charge in [0, 0.05) is 39.1 Å². The quantitative estimate of drug-likeness (QED) is 0.327. The molecule has 180 valence electrons. The molecule has 0 spiro atoms. The molecular weight excluding hydrogens is 456 g/mol. The number of carbonyl (C=O) groups excluding carboxylic acids is 1. The van der Waals surface area contributed by atoms with Gasteiger partial charge in [-0.05, 0) is 27.8 Å². The highest BCUT2D eigenvalue weighted by Gasteiger charge is 2.22. The predicted molar refractivity (Wildman–Crippen MR) is 139 cm³/mol. The van der Waals surface area contributed by atoms with Crippen LogP contribution in [0.4, 0.5) is 0 Å². The minimum Gasteiger partial charge on any atom is -0.416 e. The Bertz CT molecular complexity index is 1260. The Morgan fingerprint density at radius 1 is 0.943 bits per heavy atom. The van der Waals surface area contributed by atoms with Crippen LogP contribution in [0.2, 0.25) is 0 Å². The summed E-state index contributed by atoms with van der Waals surface area (Å²) >= 11 is 1.33. The molecule has 4 aromatic rings. The number of hydrogen-bond donors (Lipinski definition) is 0. The Morgan fingerprint density at radius 2 is 1.69 bits per heavy atom. The van der Waals surface area contributed by atoms with Crippen molar-refractivity contribution in [3.05, 3.63) is 89.8 Å². The van der Waals surface area contributed by atoms with E-state index in [0.29, 0.717) is 29.2 Å². The SMILES string of the molecule is CC(Cc1nnc(SCC(=O)N2CCN(Cc3cccc4ccccc34)CC2)o1)c1ccccc1. The highest BCUT2D eigenvalue weighted by Crippen LogP contribution is 2.23. The van der Waals surface area contributed by atoms with Gasteiger partial charge in [0.1, 0.15) is 0 Å². The van der Waals surface area contributed by atoms with E-state index in [9.17, 15) is 4.79 Å². The highest BCUT2D eigenvalue weighted by atomic mass is 32.2. The van der Waals surface area contributed by atoms with E-state index in [0.717, 1.165) is 32.7 Å². The van der Waals surface area contributed by atoms with E-state index in [1.807, 2.05) is 23.1 Å². The van der Waals surface area contributed by atoms with Crippen molar-refractivity contribution in [3.63, 3.8) is 0 Å². The summed E-state index contributed by atoms with van der Waals surface area (Å²) < 4.78 is 5.79. The van der Waals surface area contributed by atoms with Crippen LogP contribution in [0.3, 0.4) is 0 Å². The van der Waals surface area contributed by atoms with Crippen LogP contribution in [0.5, 0.6) is 0 Å². The lowest BCUT2D eigenvalue weighted by Crippen LogP contribution is -2.48. The molecule has 5 rings (SSSR count). The van der Waals surface area contributed by atoms with Gasteiger partial charge in [0.25, 0.3) is 5.22 Å². The van der Waals surface area contributed by atoms with Gasteiger partial charge in [-0.15, -0.1) is 10.2 Å². The number of carbonyl (C=O) groups is 1. The fraction of sp³-hybridized carbons (Fsp3) is 0.321. The van der Waals surface area contributed by atoms with Gasteiger partial charge in [-0.2, -0.15) is 0 Å². The van der Waals surface area contributed by atoms with Crippen molar-refractivity contribution >= 4 is 28.4 Å². The van der Waals surface area contributed by atoms with Gasteiger partial charge in [-0.25, -0.2) is 0 Å². The van der Waals surface area contributed by atoms with Crippen LogP contribution in [0, 0.1) is 0 Å². The molecule has 35 heavy (non-hydrogen) atoms. The van der Waals surface area contributed by atoms with Gasteiger partial charge in [0.05, 0.1) is 5.75 Å². The average molecular weight is 487 g/mol. The standard InChI is InChI=1S/C28H30N4O2S/c1-21(22-8-3-2-4-9-22)18-26-29-30-28(34-26)35-20-27(33)32-16-14-31(15-17-32)19-24-12-7-11-23-10-5-6-13-25(23)24/h2-13,21H,14-20H2,1H3. The number of aromatic nitrogens is 2. The van der Waals surface area contributed by atoms with Crippen LogP contribution in [0.1, 0.15) is 29.9 Å². The van der Waals surface area contributed by atoms with Crippen LogP contribution in [0.15, 0.2) is 82.4 Å². The summed E-state index contributed by atoms with van der Waals surface area (Å²) in [5.74, 6) is 1.34. The molecule has 0 saturated carbocycles. The second-order valence-corrected chi connectivity index (χ2v) is 9.99. The van der Waals surface area contributed by atoms with E-state index in [-0.39, 0.29) is 5.91 Å². The fourth-order valence-corrected chi connectivity index (χ4v) is 5.26. The Hall–Kier alpha value is -3.16. The summed E-state index contributed by atoms with van der Waals surface area (Å²) in [6.07, 6.45) is 0.685. The molecule has 0 aliphatic carbocycles. The minimum absolute atomic E-state index is 0.122. The molecule has 1 unspecified atom stereocenters. The molecule has 7 heteroatoms. The predicted octanol–water partition coefficient (Wildman–Crippen LogP) is 5.01. The molecule has 0 radical (unpaired) electrons. The van der Waals surface area contributed by atoms with Gasteiger partial charge in [-0.1, -0.05) is 91.5 Å². The normalized spacial score (nSPS) is 15.4. The van der Waals surface area contributed by atoms with E-state index in [4.69, 9.17) is 4.42 Å². The molecule has 1 atom stereocenters. The Labute approximate surface area is 210 Å². The third-order valence-corrected chi connectivity index (χ3v) is 7.42. The van der Waals surface area contributed by atoms with Gasteiger partial charge >= 0.3 is 0 Å². The topological polar surface area (TPSA) is 62.5 Å². The first-order valence-electron chi connectivity index (χ1n) is 12.1. The lowest BCUT2D eigenvalue weighted by molar-refractivity contribution is -0.130. The first-order chi connectivity index (χ1) is 17.2.